The SMILES string of the molecule is C[C@@H](OC(=O)/C=C/c1nc2ccccc2s1)C(=O)NCCc1ccccc1. The number of nitrogens with one attached hydrogen (secondary N) is 1. The summed E-state index contributed by atoms with van der Waals surface area (Å²) < 4.78 is 6.20. The highest BCUT2D eigenvalue weighted by atomic mass is 32.1. The molecule has 0 aliphatic heterocycles. The van der Waals surface area contributed by atoms with Gasteiger partial charge in [-0.25, -0.2) is 9.78 Å². The van der Waals surface area contributed by atoms with E-state index in [4.69, 9.17) is 4.74 Å². The summed E-state index contributed by atoms with van der Waals surface area (Å²) in [7, 11) is 0. The van der Waals surface area contributed by atoms with Gasteiger partial charge in [0.05, 0.1) is 10.2 Å². The zero-order valence-electron chi connectivity index (χ0n) is 14.9. The Balaban J connectivity index is 1.45. The standard InChI is InChI=1S/C21H20N2O3S/c1-15(21(25)22-14-13-16-7-3-2-4-8-16)26-20(24)12-11-19-23-17-9-5-6-10-18(17)27-19/h2-12,15H,13-14H2,1H3,(H,22,25)/b12-11+/t15-/m1/s1. The maximum absolute atomic E-state index is 12.0. The lowest BCUT2D eigenvalue weighted by atomic mass is 10.1. The van der Waals surface area contributed by atoms with Gasteiger partial charge in [0, 0.05) is 12.6 Å². The third-order valence-corrected chi connectivity index (χ3v) is 4.89. The highest BCUT2D eigenvalue weighted by Crippen LogP contribution is 2.22. The maximum Gasteiger partial charge on any atom is 0.331 e. The zero-order valence-corrected chi connectivity index (χ0v) is 15.7. The fourth-order valence-electron chi connectivity index (χ4n) is 2.49. The van der Waals surface area contributed by atoms with Crippen LogP contribution < -0.4 is 5.32 Å². The summed E-state index contributed by atoms with van der Waals surface area (Å²) in [6, 6.07) is 17.6. The molecular weight excluding hydrogens is 360 g/mol. The summed E-state index contributed by atoms with van der Waals surface area (Å²) in [5, 5.41) is 3.49. The minimum absolute atomic E-state index is 0.312. The Bertz CT molecular complexity index is 917. The van der Waals surface area contributed by atoms with Gasteiger partial charge in [0.1, 0.15) is 5.01 Å². The maximum atomic E-state index is 12.0. The number of hydrogen-bond donors (Lipinski definition) is 1. The number of esters is 1. The molecule has 0 fully saturated rings. The Hall–Kier alpha value is -2.99. The number of para-hydroxylation sites is 1. The van der Waals surface area contributed by atoms with E-state index in [0.29, 0.717) is 11.6 Å². The van der Waals surface area contributed by atoms with E-state index in [1.165, 1.54) is 17.4 Å². The van der Waals surface area contributed by atoms with Gasteiger partial charge in [-0.05, 0) is 37.1 Å². The highest BCUT2D eigenvalue weighted by molar-refractivity contribution is 7.19. The molecular formula is C21H20N2O3S. The van der Waals surface area contributed by atoms with Crippen molar-refractivity contribution in [2.75, 3.05) is 6.54 Å². The van der Waals surface area contributed by atoms with E-state index in [1.54, 1.807) is 13.0 Å². The Morgan fingerprint density at radius 3 is 2.67 bits per heavy atom. The summed E-state index contributed by atoms with van der Waals surface area (Å²) in [6.07, 6.45) is 2.77. The number of fused-ring (bicyclic) bond motifs is 1. The summed E-state index contributed by atoms with van der Waals surface area (Å²) >= 11 is 1.49. The predicted molar refractivity (Wildman–Crippen MR) is 107 cm³/mol. The molecule has 0 spiro atoms. The summed E-state index contributed by atoms with van der Waals surface area (Å²) in [5.41, 5.74) is 2.03. The molecule has 1 amide bonds. The highest BCUT2D eigenvalue weighted by Gasteiger charge is 2.16. The van der Waals surface area contributed by atoms with Crippen LogP contribution in [0.3, 0.4) is 0 Å². The van der Waals surface area contributed by atoms with Crippen LogP contribution in [0.5, 0.6) is 0 Å². The van der Waals surface area contributed by atoms with Crippen molar-refractivity contribution < 1.29 is 14.3 Å². The van der Waals surface area contributed by atoms with Crippen molar-refractivity contribution in [3.8, 4) is 0 Å². The van der Waals surface area contributed by atoms with Crippen molar-refractivity contribution >= 4 is 39.5 Å². The topological polar surface area (TPSA) is 68.3 Å². The lowest BCUT2D eigenvalue weighted by molar-refractivity contribution is -0.150. The third kappa shape index (κ3) is 5.49. The van der Waals surface area contributed by atoms with Gasteiger partial charge in [0.2, 0.25) is 0 Å². The second kappa shape index (κ2) is 9.09. The molecule has 138 valence electrons. The Morgan fingerprint density at radius 2 is 1.89 bits per heavy atom. The predicted octanol–water partition coefficient (Wildman–Crippen LogP) is 3.60. The van der Waals surface area contributed by atoms with Gasteiger partial charge in [-0.15, -0.1) is 11.3 Å². The van der Waals surface area contributed by atoms with E-state index >= 15 is 0 Å². The molecule has 1 N–H and O–H groups in total. The van der Waals surface area contributed by atoms with E-state index in [0.717, 1.165) is 22.2 Å². The molecule has 1 aromatic heterocycles. The van der Waals surface area contributed by atoms with Crippen LogP contribution in [0.15, 0.2) is 60.7 Å². The first-order chi connectivity index (χ1) is 13.1. The second-order valence-corrected chi connectivity index (χ2v) is 7.02. The molecule has 1 heterocycles. The van der Waals surface area contributed by atoms with E-state index in [2.05, 4.69) is 10.3 Å². The molecule has 27 heavy (non-hydrogen) atoms. The van der Waals surface area contributed by atoms with Crippen molar-refractivity contribution in [1.82, 2.24) is 10.3 Å². The van der Waals surface area contributed by atoms with Crippen LogP contribution >= 0.6 is 11.3 Å². The minimum atomic E-state index is -0.853. The lowest BCUT2D eigenvalue weighted by Crippen LogP contribution is -2.36. The lowest BCUT2D eigenvalue weighted by Gasteiger charge is -2.12. The number of hydrogen-bond acceptors (Lipinski definition) is 5. The van der Waals surface area contributed by atoms with Gasteiger partial charge in [0.25, 0.3) is 5.91 Å². The molecule has 3 aromatic rings. The molecule has 0 radical (unpaired) electrons. The van der Waals surface area contributed by atoms with Crippen LogP contribution in [0.2, 0.25) is 0 Å². The van der Waals surface area contributed by atoms with Crippen LogP contribution in [0.4, 0.5) is 0 Å². The number of benzene rings is 2. The third-order valence-electron chi connectivity index (χ3n) is 3.89. The van der Waals surface area contributed by atoms with Crippen LogP contribution in [0.1, 0.15) is 17.5 Å². The summed E-state index contributed by atoms with van der Waals surface area (Å²) in [5.74, 6) is -0.882. The van der Waals surface area contributed by atoms with E-state index in [9.17, 15) is 9.59 Å². The van der Waals surface area contributed by atoms with Crippen molar-refractivity contribution in [2.24, 2.45) is 0 Å². The molecule has 1 atom stereocenters. The number of ether oxygens (including phenoxy) is 1. The fourth-order valence-corrected chi connectivity index (χ4v) is 3.36. The molecule has 0 aliphatic carbocycles. The van der Waals surface area contributed by atoms with Gasteiger partial charge < -0.3 is 10.1 Å². The minimum Gasteiger partial charge on any atom is -0.449 e. The first kappa shape index (κ1) is 18.8. The molecule has 0 aliphatic rings. The number of amides is 1. The number of rotatable bonds is 7. The molecule has 0 saturated carbocycles. The van der Waals surface area contributed by atoms with Crippen molar-refractivity contribution in [3.05, 3.63) is 71.2 Å². The normalized spacial score (nSPS) is 12.2. The van der Waals surface area contributed by atoms with Gasteiger partial charge in [-0.1, -0.05) is 42.5 Å². The number of nitrogens with zero attached hydrogens (tertiary/aromatic N) is 1. The van der Waals surface area contributed by atoms with Crippen molar-refractivity contribution in [3.63, 3.8) is 0 Å². The molecule has 0 bridgehead atoms. The quantitative estimate of drug-likeness (QED) is 0.502. The summed E-state index contributed by atoms with van der Waals surface area (Å²) in [6.45, 7) is 2.05. The first-order valence-electron chi connectivity index (χ1n) is 8.68. The number of carbonyl (C=O) groups excluding carboxylic acids is 2. The number of thiazole rings is 1. The van der Waals surface area contributed by atoms with Gasteiger partial charge in [0.15, 0.2) is 6.10 Å². The molecule has 3 rings (SSSR count). The average molecular weight is 380 g/mol. The molecule has 6 heteroatoms. The van der Waals surface area contributed by atoms with Gasteiger partial charge in [-0.2, -0.15) is 0 Å². The van der Waals surface area contributed by atoms with Crippen molar-refractivity contribution in [2.45, 2.75) is 19.4 Å². The van der Waals surface area contributed by atoms with Crippen LogP contribution in [0, 0.1) is 0 Å². The van der Waals surface area contributed by atoms with Crippen LogP contribution in [-0.2, 0) is 20.7 Å². The van der Waals surface area contributed by atoms with Gasteiger partial charge in [-0.3, -0.25) is 4.79 Å². The smallest absolute Gasteiger partial charge is 0.331 e. The first-order valence-corrected chi connectivity index (χ1v) is 9.49. The van der Waals surface area contributed by atoms with E-state index in [-0.39, 0.29) is 5.91 Å². The number of carbonyl (C=O) groups is 2. The van der Waals surface area contributed by atoms with E-state index in [1.807, 2.05) is 54.6 Å². The Morgan fingerprint density at radius 1 is 1.15 bits per heavy atom. The van der Waals surface area contributed by atoms with Gasteiger partial charge >= 0.3 is 5.97 Å². The molecule has 0 saturated heterocycles. The molecule has 0 unspecified atom stereocenters. The Kier molecular flexibility index (Phi) is 6.33. The average Bonchev–Trinajstić information content (AvgIpc) is 3.10. The zero-order chi connectivity index (χ0) is 19.1. The monoisotopic (exact) mass is 380 g/mol. The van der Waals surface area contributed by atoms with Crippen molar-refractivity contribution in [1.29, 1.82) is 0 Å². The number of aromatic nitrogens is 1. The fraction of sp³-hybridized carbons (Fsp3) is 0.190. The largest absolute Gasteiger partial charge is 0.449 e. The Labute approximate surface area is 161 Å². The second-order valence-electron chi connectivity index (χ2n) is 5.96. The van der Waals surface area contributed by atoms with Crippen LogP contribution in [-0.4, -0.2) is 29.5 Å². The van der Waals surface area contributed by atoms with E-state index < -0.39 is 12.1 Å². The molecule has 5 nitrogen and oxygen atoms in total. The summed E-state index contributed by atoms with van der Waals surface area (Å²) in [4.78, 5) is 28.4. The molecule has 2 aromatic carbocycles. The van der Waals surface area contributed by atoms with Crippen LogP contribution in [0.25, 0.3) is 16.3 Å².